The van der Waals surface area contributed by atoms with Gasteiger partial charge in [-0.3, -0.25) is 0 Å². The van der Waals surface area contributed by atoms with Crippen molar-refractivity contribution in [3.63, 3.8) is 0 Å². The van der Waals surface area contributed by atoms with Crippen molar-refractivity contribution >= 4 is 11.7 Å². The lowest BCUT2D eigenvalue weighted by atomic mass is 9.79. The molecule has 2 amide bonds. The molecule has 1 aromatic rings. The van der Waals surface area contributed by atoms with Gasteiger partial charge < -0.3 is 15.0 Å². The molecule has 2 heterocycles. The molecule has 0 spiro atoms. The number of hydrogen-bond acceptors (Lipinski definition) is 3. The van der Waals surface area contributed by atoms with Crippen LogP contribution >= 0.6 is 0 Å². The van der Waals surface area contributed by atoms with E-state index in [1.54, 1.807) is 13.2 Å². The van der Waals surface area contributed by atoms with Crippen molar-refractivity contribution < 1.29 is 9.53 Å². The van der Waals surface area contributed by atoms with Gasteiger partial charge in [-0.1, -0.05) is 6.42 Å². The second-order valence-corrected chi connectivity index (χ2v) is 6.01. The molecular weight excluding hydrogens is 266 g/mol. The van der Waals surface area contributed by atoms with Crippen LogP contribution in [0.2, 0.25) is 0 Å². The predicted molar refractivity (Wildman–Crippen MR) is 81.6 cm³/mol. The SMILES string of the molecule is COc1ccc(NC(=O)N2CCCC2C2CCC2)c(C)n1. The van der Waals surface area contributed by atoms with Gasteiger partial charge in [-0.2, -0.15) is 0 Å². The van der Waals surface area contributed by atoms with Gasteiger partial charge in [0.1, 0.15) is 0 Å². The molecular formula is C16H23N3O2. The molecule has 2 aliphatic rings. The van der Waals surface area contributed by atoms with Gasteiger partial charge in [0.05, 0.1) is 18.5 Å². The van der Waals surface area contributed by atoms with E-state index < -0.39 is 0 Å². The second-order valence-electron chi connectivity index (χ2n) is 6.01. The molecule has 1 aliphatic carbocycles. The number of methoxy groups -OCH3 is 1. The third-order valence-corrected chi connectivity index (χ3v) is 4.77. The van der Waals surface area contributed by atoms with Gasteiger partial charge in [-0.25, -0.2) is 9.78 Å². The van der Waals surface area contributed by atoms with E-state index in [0.29, 0.717) is 17.8 Å². The Morgan fingerprint density at radius 3 is 2.76 bits per heavy atom. The first-order valence-corrected chi connectivity index (χ1v) is 7.78. The fraction of sp³-hybridized carbons (Fsp3) is 0.625. The maximum Gasteiger partial charge on any atom is 0.322 e. The van der Waals surface area contributed by atoms with Gasteiger partial charge >= 0.3 is 6.03 Å². The number of aryl methyl sites for hydroxylation is 1. The molecule has 5 nitrogen and oxygen atoms in total. The first-order chi connectivity index (χ1) is 10.2. The molecule has 5 heteroatoms. The maximum atomic E-state index is 12.5. The number of nitrogens with one attached hydrogen (secondary N) is 1. The molecule has 1 N–H and O–H groups in total. The minimum atomic E-state index is 0.0134. The van der Waals surface area contributed by atoms with Crippen molar-refractivity contribution in [2.24, 2.45) is 5.92 Å². The number of likely N-dealkylation sites (tertiary alicyclic amines) is 1. The highest BCUT2D eigenvalue weighted by Gasteiger charge is 2.37. The highest BCUT2D eigenvalue weighted by molar-refractivity contribution is 5.90. The summed E-state index contributed by atoms with van der Waals surface area (Å²) in [4.78, 5) is 18.9. The lowest BCUT2D eigenvalue weighted by molar-refractivity contribution is 0.148. The Morgan fingerprint density at radius 1 is 1.33 bits per heavy atom. The molecule has 0 radical (unpaired) electrons. The monoisotopic (exact) mass is 289 g/mol. The lowest BCUT2D eigenvalue weighted by Gasteiger charge is -2.37. The largest absolute Gasteiger partial charge is 0.481 e. The van der Waals surface area contributed by atoms with Crippen LogP contribution in [0.1, 0.15) is 37.8 Å². The Hall–Kier alpha value is -1.78. The van der Waals surface area contributed by atoms with Crippen LogP contribution in [0.5, 0.6) is 5.88 Å². The van der Waals surface area contributed by atoms with Gasteiger partial charge in [0, 0.05) is 18.7 Å². The first-order valence-electron chi connectivity index (χ1n) is 7.78. The average Bonchev–Trinajstić information content (AvgIpc) is 2.88. The number of anilines is 1. The zero-order valence-electron chi connectivity index (χ0n) is 12.8. The molecule has 2 fully saturated rings. The second kappa shape index (κ2) is 5.92. The van der Waals surface area contributed by atoms with E-state index >= 15 is 0 Å². The molecule has 1 saturated heterocycles. The predicted octanol–water partition coefficient (Wildman–Crippen LogP) is 3.20. The number of nitrogens with zero attached hydrogens (tertiary/aromatic N) is 2. The number of pyridine rings is 1. The summed E-state index contributed by atoms with van der Waals surface area (Å²) in [5.41, 5.74) is 1.54. The van der Waals surface area contributed by atoms with E-state index in [1.165, 1.54) is 19.3 Å². The summed E-state index contributed by atoms with van der Waals surface area (Å²) in [5, 5.41) is 3.01. The number of amides is 2. The highest BCUT2D eigenvalue weighted by Crippen LogP contribution is 2.37. The third kappa shape index (κ3) is 2.82. The quantitative estimate of drug-likeness (QED) is 0.929. The van der Waals surface area contributed by atoms with Gasteiger partial charge in [-0.05, 0) is 44.6 Å². The Balaban J connectivity index is 1.68. The van der Waals surface area contributed by atoms with E-state index in [0.717, 1.165) is 30.8 Å². The standard InChI is InChI=1S/C16H23N3O2/c1-11-13(8-9-15(17-11)21-2)18-16(20)19-10-4-7-14(19)12-5-3-6-12/h8-9,12,14H,3-7,10H2,1-2H3,(H,18,20). The van der Waals surface area contributed by atoms with Crippen LogP contribution < -0.4 is 10.1 Å². The fourth-order valence-corrected chi connectivity index (χ4v) is 3.33. The number of aromatic nitrogens is 1. The van der Waals surface area contributed by atoms with Crippen molar-refractivity contribution in [2.45, 2.75) is 45.1 Å². The van der Waals surface area contributed by atoms with Gasteiger partial charge in [0.25, 0.3) is 0 Å². The van der Waals surface area contributed by atoms with Crippen LogP contribution in [0.15, 0.2) is 12.1 Å². The Morgan fingerprint density at radius 2 is 2.14 bits per heavy atom. The van der Waals surface area contributed by atoms with Crippen LogP contribution in [0.4, 0.5) is 10.5 Å². The molecule has 0 bridgehead atoms. The zero-order chi connectivity index (χ0) is 14.8. The van der Waals surface area contributed by atoms with Gasteiger partial charge in [0.15, 0.2) is 0 Å². The number of ether oxygens (including phenoxy) is 1. The maximum absolute atomic E-state index is 12.5. The van der Waals surface area contributed by atoms with Gasteiger partial charge in [-0.15, -0.1) is 0 Å². The summed E-state index contributed by atoms with van der Waals surface area (Å²) >= 11 is 0. The van der Waals surface area contributed by atoms with Crippen LogP contribution in [0, 0.1) is 12.8 Å². The smallest absolute Gasteiger partial charge is 0.322 e. The average molecular weight is 289 g/mol. The van der Waals surface area contributed by atoms with E-state index in [4.69, 9.17) is 4.74 Å². The molecule has 1 saturated carbocycles. The normalized spacial score (nSPS) is 22.0. The topological polar surface area (TPSA) is 54.5 Å². The molecule has 114 valence electrons. The molecule has 1 atom stereocenters. The van der Waals surface area contributed by atoms with Gasteiger partial charge in [0.2, 0.25) is 5.88 Å². The summed E-state index contributed by atoms with van der Waals surface area (Å²) in [5.74, 6) is 1.28. The summed E-state index contributed by atoms with van der Waals surface area (Å²) in [6.45, 7) is 2.75. The van der Waals surface area contributed by atoms with E-state index in [9.17, 15) is 4.79 Å². The number of rotatable bonds is 3. The fourth-order valence-electron chi connectivity index (χ4n) is 3.33. The summed E-state index contributed by atoms with van der Waals surface area (Å²) < 4.78 is 5.09. The van der Waals surface area contributed by atoms with Crippen molar-refractivity contribution in [3.05, 3.63) is 17.8 Å². The molecule has 3 rings (SSSR count). The minimum absolute atomic E-state index is 0.0134. The van der Waals surface area contributed by atoms with Crippen LogP contribution in [-0.2, 0) is 0 Å². The van der Waals surface area contributed by atoms with Crippen molar-refractivity contribution in [1.82, 2.24) is 9.88 Å². The van der Waals surface area contributed by atoms with Crippen LogP contribution in [0.3, 0.4) is 0 Å². The van der Waals surface area contributed by atoms with E-state index in [1.807, 2.05) is 17.9 Å². The summed E-state index contributed by atoms with van der Waals surface area (Å²) in [6, 6.07) is 4.08. The Labute approximate surface area is 125 Å². The lowest BCUT2D eigenvalue weighted by Crippen LogP contribution is -2.44. The van der Waals surface area contributed by atoms with Crippen LogP contribution in [0.25, 0.3) is 0 Å². The Kier molecular flexibility index (Phi) is 3.99. The summed E-state index contributed by atoms with van der Waals surface area (Å²) in [7, 11) is 1.59. The Bertz CT molecular complexity index is 528. The van der Waals surface area contributed by atoms with Crippen molar-refractivity contribution in [1.29, 1.82) is 0 Å². The highest BCUT2D eigenvalue weighted by atomic mass is 16.5. The van der Waals surface area contributed by atoms with E-state index in [2.05, 4.69) is 10.3 Å². The number of carbonyl (C=O) groups is 1. The first kappa shape index (κ1) is 14.2. The third-order valence-electron chi connectivity index (χ3n) is 4.77. The molecule has 0 aromatic carbocycles. The number of hydrogen-bond donors (Lipinski definition) is 1. The number of urea groups is 1. The number of carbonyl (C=O) groups excluding carboxylic acids is 1. The van der Waals surface area contributed by atoms with Crippen molar-refractivity contribution in [2.75, 3.05) is 19.0 Å². The van der Waals surface area contributed by atoms with Crippen molar-refractivity contribution in [3.8, 4) is 5.88 Å². The molecule has 1 aromatic heterocycles. The molecule has 1 unspecified atom stereocenters. The molecule has 1 aliphatic heterocycles. The minimum Gasteiger partial charge on any atom is -0.481 e. The van der Waals surface area contributed by atoms with Crippen LogP contribution in [-0.4, -0.2) is 35.6 Å². The molecule has 21 heavy (non-hydrogen) atoms. The zero-order valence-corrected chi connectivity index (χ0v) is 12.8. The summed E-state index contributed by atoms with van der Waals surface area (Å²) in [6.07, 6.45) is 6.14. The van der Waals surface area contributed by atoms with E-state index in [-0.39, 0.29) is 6.03 Å².